The first-order chi connectivity index (χ1) is 18.1. The van der Waals surface area contributed by atoms with Gasteiger partial charge in [0.1, 0.15) is 5.75 Å². The average molecular weight is 547 g/mol. The van der Waals surface area contributed by atoms with E-state index in [1.54, 1.807) is 11.4 Å². The SMILES string of the molecule is CCCN(CCN1C[C@H](c2ccc3c(c2)OCO3)[C@@H](C(=O)O)[C@@H]1c1ccc(OC)cc1)S(=O)(=O)CC(C)C. The fraction of sp³-hybridized carbons (Fsp3) is 0.536. The summed E-state index contributed by atoms with van der Waals surface area (Å²) < 4.78 is 44.1. The van der Waals surface area contributed by atoms with Crippen molar-refractivity contribution in [3.8, 4) is 17.2 Å². The van der Waals surface area contributed by atoms with Crippen molar-refractivity contribution >= 4 is 16.0 Å². The van der Waals surface area contributed by atoms with Gasteiger partial charge in [0.25, 0.3) is 0 Å². The quantitative estimate of drug-likeness (QED) is 0.427. The zero-order valence-electron chi connectivity index (χ0n) is 22.5. The third kappa shape index (κ3) is 6.08. The van der Waals surface area contributed by atoms with Crippen LogP contribution in [0, 0.1) is 11.8 Å². The van der Waals surface area contributed by atoms with E-state index in [9.17, 15) is 18.3 Å². The Morgan fingerprint density at radius 1 is 1.11 bits per heavy atom. The normalized spacial score (nSPS) is 21.4. The molecule has 0 bridgehead atoms. The molecule has 3 atom stereocenters. The van der Waals surface area contributed by atoms with Crippen LogP contribution in [0.2, 0.25) is 0 Å². The van der Waals surface area contributed by atoms with Crippen LogP contribution in [0.3, 0.4) is 0 Å². The minimum absolute atomic E-state index is 0.0185. The Kier molecular flexibility index (Phi) is 8.85. The highest BCUT2D eigenvalue weighted by molar-refractivity contribution is 7.89. The molecule has 208 valence electrons. The topological polar surface area (TPSA) is 106 Å². The van der Waals surface area contributed by atoms with Gasteiger partial charge < -0.3 is 19.3 Å². The van der Waals surface area contributed by atoms with Gasteiger partial charge in [-0.2, -0.15) is 0 Å². The van der Waals surface area contributed by atoms with Crippen LogP contribution in [0.5, 0.6) is 17.2 Å². The van der Waals surface area contributed by atoms with Crippen molar-refractivity contribution in [1.82, 2.24) is 9.21 Å². The number of carboxylic acid groups (broad SMARTS) is 1. The molecule has 2 aliphatic rings. The number of nitrogens with zero attached hydrogens (tertiary/aromatic N) is 2. The molecule has 0 unspecified atom stereocenters. The van der Waals surface area contributed by atoms with Crippen molar-refractivity contribution in [3.63, 3.8) is 0 Å². The number of carbonyl (C=O) groups is 1. The summed E-state index contributed by atoms with van der Waals surface area (Å²) in [6.45, 7) is 7.52. The standard InChI is InChI=1S/C28H38N2O7S/c1-5-12-30(38(33,34)17-19(2)3)14-13-29-16-23(21-8-11-24-25(15-21)37-18-36-24)26(28(31)32)27(29)20-6-9-22(35-4)10-7-20/h6-11,15,19,23,26-27H,5,12-14,16-18H2,1-4H3,(H,31,32)/t23-,26-,27+/m1/s1. The molecular weight excluding hydrogens is 508 g/mol. The summed E-state index contributed by atoms with van der Waals surface area (Å²) >= 11 is 0. The second-order valence-electron chi connectivity index (χ2n) is 10.4. The molecule has 9 nitrogen and oxygen atoms in total. The van der Waals surface area contributed by atoms with Crippen molar-refractivity contribution < 1.29 is 32.5 Å². The Labute approximate surface area is 225 Å². The van der Waals surface area contributed by atoms with E-state index in [1.807, 2.05) is 63.2 Å². The van der Waals surface area contributed by atoms with Crippen LogP contribution in [0.1, 0.15) is 50.3 Å². The van der Waals surface area contributed by atoms with Crippen molar-refractivity contribution in [2.75, 3.05) is 45.8 Å². The summed E-state index contributed by atoms with van der Waals surface area (Å²) in [5.41, 5.74) is 1.72. The lowest BCUT2D eigenvalue weighted by atomic mass is 9.82. The van der Waals surface area contributed by atoms with Crippen LogP contribution in [0.25, 0.3) is 0 Å². The van der Waals surface area contributed by atoms with Gasteiger partial charge in [-0.15, -0.1) is 0 Å². The smallest absolute Gasteiger partial charge is 0.309 e. The Bertz CT molecular complexity index is 1220. The average Bonchev–Trinajstić information content (AvgIpc) is 3.50. The fourth-order valence-corrected chi connectivity index (χ4v) is 7.42. The Morgan fingerprint density at radius 3 is 2.42 bits per heavy atom. The predicted molar refractivity (Wildman–Crippen MR) is 144 cm³/mol. The summed E-state index contributed by atoms with van der Waals surface area (Å²) in [7, 11) is -1.84. The van der Waals surface area contributed by atoms with Gasteiger partial charge in [0.15, 0.2) is 11.5 Å². The van der Waals surface area contributed by atoms with Crippen LogP contribution in [-0.4, -0.2) is 74.5 Å². The molecule has 0 spiro atoms. The second kappa shape index (κ2) is 11.9. The first kappa shape index (κ1) is 28.2. The van der Waals surface area contributed by atoms with Crippen molar-refractivity contribution in [2.24, 2.45) is 11.8 Å². The van der Waals surface area contributed by atoms with Gasteiger partial charge in [-0.1, -0.05) is 39.0 Å². The van der Waals surface area contributed by atoms with Gasteiger partial charge in [-0.05, 0) is 47.7 Å². The summed E-state index contributed by atoms with van der Waals surface area (Å²) in [6, 6.07) is 12.6. The van der Waals surface area contributed by atoms with E-state index in [-0.39, 0.29) is 24.4 Å². The second-order valence-corrected chi connectivity index (χ2v) is 12.4. The molecule has 0 aliphatic carbocycles. The molecule has 1 fully saturated rings. The molecule has 10 heteroatoms. The molecule has 2 aromatic carbocycles. The van der Waals surface area contributed by atoms with Crippen molar-refractivity contribution in [3.05, 3.63) is 53.6 Å². The summed E-state index contributed by atoms with van der Waals surface area (Å²) in [4.78, 5) is 14.9. The highest BCUT2D eigenvalue weighted by Crippen LogP contribution is 2.47. The number of likely N-dealkylation sites (tertiary alicyclic amines) is 1. The number of ether oxygens (including phenoxy) is 3. The lowest BCUT2D eigenvalue weighted by Crippen LogP contribution is -2.41. The molecule has 0 aromatic heterocycles. The van der Waals surface area contributed by atoms with E-state index >= 15 is 0 Å². The molecule has 0 saturated carbocycles. The minimum atomic E-state index is -3.43. The summed E-state index contributed by atoms with van der Waals surface area (Å²) in [5.74, 6) is 0.0986. The van der Waals surface area contributed by atoms with E-state index in [0.29, 0.717) is 49.8 Å². The number of fused-ring (bicyclic) bond motifs is 1. The third-order valence-electron chi connectivity index (χ3n) is 7.21. The number of hydrogen-bond acceptors (Lipinski definition) is 7. The monoisotopic (exact) mass is 546 g/mol. The Morgan fingerprint density at radius 2 is 1.79 bits per heavy atom. The predicted octanol–water partition coefficient (Wildman–Crippen LogP) is 3.96. The highest BCUT2D eigenvalue weighted by Gasteiger charge is 2.47. The molecule has 0 amide bonds. The zero-order valence-corrected chi connectivity index (χ0v) is 23.3. The molecule has 2 heterocycles. The first-order valence-corrected chi connectivity index (χ1v) is 14.7. The maximum atomic E-state index is 13.1. The van der Waals surface area contributed by atoms with E-state index in [0.717, 1.165) is 11.1 Å². The number of sulfonamides is 1. The molecule has 2 aliphatic heterocycles. The van der Waals surface area contributed by atoms with Gasteiger partial charge in [0.05, 0.1) is 18.8 Å². The van der Waals surface area contributed by atoms with Gasteiger partial charge in [0, 0.05) is 38.1 Å². The number of rotatable bonds is 12. The number of aliphatic carboxylic acids is 1. The van der Waals surface area contributed by atoms with E-state index in [1.165, 1.54) is 0 Å². The molecule has 0 radical (unpaired) electrons. The van der Waals surface area contributed by atoms with E-state index < -0.39 is 28.0 Å². The van der Waals surface area contributed by atoms with Crippen LogP contribution in [0.4, 0.5) is 0 Å². The maximum Gasteiger partial charge on any atom is 0.309 e. The fourth-order valence-electron chi connectivity index (χ4n) is 5.55. The number of benzene rings is 2. The lowest BCUT2D eigenvalue weighted by molar-refractivity contribution is -0.143. The molecule has 2 aromatic rings. The van der Waals surface area contributed by atoms with Crippen LogP contribution < -0.4 is 14.2 Å². The zero-order chi connectivity index (χ0) is 27.4. The van der Waals surface area contributed by atoms with Crippen LogP contribution >= 0.6 is 0 Å². The molecule has 38 heavy (non-hydrogen) atoms. The largest absolute Gasteiger partial charge is 0.497 e. The lowest BCUT2D eigenvalue weighted by Gasteiger charge is -2.30. The molecule has 1 N–H and O–H groups in total. The Hall–Kier alpha value is -2.82. The van der Waals surface area contributed by atoms with Gasteiger partial charge in [-0.3, -0.25) is 9.69 Å². The summed E-state index contributed by atoms with van der Waals surface area (Å²) in [6.07, 6.45) is 0.705. The molecule has 1 saturated heterocycles. The van der Waals surface area contributed by atoms with Gasteiger partial charge >= 0.3 is 5.97 Å². The third-order valence-corrected chi connectivity index (χ3v) is 9.45. The van der Waals surface area contributed by atoms with Crippen molar-refractivity contribution in [1.29, 1.82) is 0 Å². The van der Waals surface area contributed by atoms with Crippen LogP contribution in [0.15, 0.2) is 42.5 Å². The molecular formula is C28H38N2O7S. The van der Waals surface area contributed by atoms with E-state index in [4.69, 9.17) is 14.2 Å². The Balaban J connectivity index is 1.67. The van der Waals surface area contributed by atoms with Gasteiger partial charge in [-0.25, -0.2) is 12.7 Å². The first-order valence-electron chi connectivity index (χ1n) is 13.1. The van der Waals surface area contributed by atoms with Crippen LogP contribution in [-0.2, 0) is 14.8 Å². The number of hydrogen-bond donors (Lipinski definition) is 1. The number of carboxylic acids is 1. The highest BCUT2D eigenvalue weighted by atomic mass is 32.2. The number of methoxy groups -OCH3 is 1. The van der Waals surface area contributed by atoms with Crippen molar-refractivity contribution in [2.45, 2.75) is 39.2 Å². The summed E-state index contributed by atoms with van der Waals surface area (Å²) in [5, 5.41) is 10.5. The molecule has 4 rings (SSSR count). The van der Waals surface area contributed by atoms with Gasteiger partial charge in [0.2, 0.25) is 16.8 Å². The van der Waals surface area contributed by atoms with E-state index in [2.05, 4.69) is 4.90 Å². The maximum absolute atomic E-state index is 13.1. The minimum Gasteiger partial charge on any atom is -0.497 e.